The summed E-state index contributed by atoms with van der Waals surface area (Å²) in [6.07, 6.45) is 0. The van der Waals surface area contributed by atoms with Crippen molar-refractivity contribution in [2.75, 3.05) is 32.1 Å². The van der Waals surface area contributed by atoms with Crippen LogP contribution < -0.4 is 15.0 Å². The lowest BCUT2D eigenvalue weighted by Crippen LogP contribution is -3.10. The Morgan fingerprint density at radius 2 is 1.75 bits per heavy atom. The van der Waals surface area contributed by atoms with Crippen LogP contribution in [0.4, 0.5) is 10.1 Å². The van der Waals surface area contributed by atoms with Crippen LogP contribution in [0.3, 0.4) is 0 Å². The highest BCUT2D eigenvalue weighted by atomic mass is 19.1. The van der Waals surface area contributed by atoms with E-state index in [1.807, 2.05) is 33.0 Å². The van der Waals surface area contributed by atoms with Crippen molar-refractivity contribution < 1.29 is 18.8 Å². The van der Waals surface area contributed by atoms with Crippen LogP contribution in [-0.2, 0) is 4.79 Å². The normalized spacial score (nSPS) is 11.8. The van der Waals surface area contributed by atoms with Crippen LogP contribution in [-0.4, -0.2) is 32.7 Å². The van der Waals surface area contributed by atoms with E-state index in [2.05, 4.69) is 11.4 Å². The van der Waals surface area contributed by atoms with Crippen LogP contribution in [0.5, 0.6) is 5.75 Å². The van der Waals surface area contributed by atoms with Gasteiger partial charge in [-0.2, -0.15) is 0 Å². The first kappa shape index (κ1) is 17.9. The van der Waals surface area contributed by atoms with Crippen LogP contribution in [0.1, 0.15) is 11.1 Å². The third kappa shape index (κ3) is 6.01. The highest BCUT2D eigenvalue weighted by Crippen LogP contribution is 2.15. The molecule has 0 fully saturated rings. The maximum atomic E-state index is 12.8. The van der Waals surface area contributed by atoms with Gasteiger partial charge in [-0.25, -0.2) is 4.39 Å². The third-order valence-corrected chi connectivity index (χ3v) is 3.58. The Morgan fingerprint density at radius 1 is 1.12 bits per heavy atom. The van der Waals surface area contributed by atoms with Crippen molar-refractivity contribution in [3.63, 3.8) is 0 Å². The Morgan fingerprint density at radius 3 is 2.38 bits per heavy atom. The fourth-order valence-electron chi connectivity index (χ4n) is 2.46. The zero-order valence-electron chi connectivity index (χ0n) is 14.4. The molecule has 0 aromatic heterocycles. The average Bonchev–Trinajstić information content (AvgIpc) is 2.48. The molecule has 1 amide bonds. The second kappa shape index (κ2) is 8.45. The monoisotopic (exact) mass is 331 g/mol. The molecule has 128 valence electrons. The largest absolute Gasteiger partial charge is 0.488 e. The zero-order chi connectivity index (χ0) is 17.5. The first-order valence-corrected chi connectivity index (χ1v) is 8.00. The number of aryl methyl sites for hydroxylation is 2. The number of hydrogen-bond acceptors (Lipinski definition) is 2. The van der Waals surface area contributed by atoms with Gasteiger partial charge in [-0.05, 0) is 61.4 Å². The number of benzene rings is 2. The van der Waals surface area contributed by atoms with E-state index in [4.69, 9.17) is 4.74 Å². The second-order valence-corrected chi connectivity index (χ2v) is 6.11. The van der Waals surface area contributed by atoms with E-state index in [1.165, 1.54) is 23.3 Å². The first-order valence-electron chi connectivity index (χ1n) is 8.00. The summed E-state index contributed by atoms with van der Waals surface area (Å²) in [5, 5.41) is 2.76. The fourth-order valence-corrected chi connectivity index (χ4v) is 2.46. The SMILES string of the molecule is Cc1cc(C)cc(OCC[NH+](C)CC(=O)Nc2ccc(F)cc2)c1. The number of halogens is 1. The van der Waals surface area contributed by atoms with Gasteiger partial charge in [0.05, 0.1) is 7.05 Å². The zero-order valence-corrected chi connectivity index (χ0v) is 14.4. The van der Waals surface area contributed by atoms with E-state index in [0.29, 0.717) is 25.4 Å². The minimum absolute atomic E-state index is 0.106. The molecule has 0 aliphatic heterocycles. The maximum Gasteiger partial charge on any atom is 0.279 e. The van der Waals surface area contributed by atoms with Gasteiger partial charge in [0.1, 0.15) is 24.7 Å². The Bertz CT molecular complexity index is 666. The third-order valence-electron chi connectivity index (χ3n) is 3.58. The van der Waals surface area contributed by atoms with Crippen molar-refractivity contribution in [3.05, 3.63) is 59.4 Å². The Labute approximate surface area is 142 Å². The summed E-state index contributed by atoms with van der Waals surface area (Å²) in [6, 6.07) is 11.8. The number of ether oxygens (including phenoxy) is 1. The topological polar surface area (TPSA) is 42.8 Å². The van der Waals surface area contributed by atoms with Crippen LogP contribution in [0, 0.1) is 19.7 Å². The minimum Gasteiger partial charge on any atom is -0.488 e. The summed E-state index contributed by atoms with van der Waals surface area (Å²) < 4.78 is 18.6. The smallest absolute Gasteiger partial charge is 0.279 e. The number of hydrogen-bond donors (Lipinski definition) is 2. The number of amides is 1. The van der Waals surface area contributed by atoms with Crippen LogP contribution in [0.25, 0.3) is 0 Å². The number of quaternary nitrogens is 1. The van der Waals surface area contributed by atoms with Crippen molar-refractivity contribution in [1.29, 1.82) is 0 Å². The average molecular weight is 331 g/mol. The molecule has 2 N–H and O–H groups in total. The van der Waals surface area contributed by atoms with E-state index < -0.39 is 0 Å². The number of anilines is 1. The molecule has 1 atom stereocenters. The molecule has 2 aromatic carbocycles. The predicted molar refractivity (Wildman–Crippen MR) is 93.1 cm³/mol. The summed E-state index contributed by atoms with van der Waals surface area (Å²) in [4.78, 5) is 13.0. The van der Waals surface area contributed by atoms with Gasteiger partial charge in [-0.3, -0.25) is 4.79 Å². The molecule has 0 bridgehead atoms. The molecule has 0 heterocycles. The maximum absolute atomic E-state index is 12.8. The highest BCUT2D eigenvalue weighted by Gasteiger charge is 2.10. The molecule has 24 heavy (non-hydrogen) atoms. The highest BCUT2D eigenvalue weighted by molar-refractivity contribution is 5.91. The predicted octanol–water partition coefficient (Wildman–Crippen LogP) is 1.97. The number of likely N-dealkylation sites (N-methyl/N-ethyl adjacent to an activating group) is 1. The molecule has 5 heteroatoms. The molecule has 2 aromatic rings. The summed E-state index contributed by atoms with van der Waals surface area (Å²) in [5.41, 5.74) is 2.94. The van der Waals surface area contributed by atoms with Crippen molar-refractivity contribution in [3.8, 4) is 5.75 Å². The molecule has 0 aliphatic carbocycles. The van der Waals surface area contributed by atoms with Gasteiger partial charge < -0.3 is 15.0 Å². The van der Waals surface area contributed by atoms with Crippen LogP contribution in [0.2, 0.25) is 0 Å². The summed E-state index contributed by atoms with van der Waals surface area (Å²) in [5.74, 6) is 0.431. The van der Waals surface area contributed by atoms with Gasteiger partial charge in [-0.15, -0.1) is 0 Å². The molecule has 1 unspecified atom stereocenters. The molecular weight excluding hydrogens is 307 g/mol. The summed E-state index contributed by atoms with van der Waals surface area (Å²) in [6.45, 7) is 5.66. The van der Waals surface area contributed by atoms with Crippen molar-refractivity contribution in [2.45, 2.75) is 13.8 Å². The van der Waals surface area contributed by atoms with Gasteiger partial charge in [0.25, 0.3) is 5.91 Å². The van der Waals surface area contributed by atoms with Gasteiger partial charge in [0.15, 0.2) is 6.54 Å². The number of nitrogens with one attached hydrogen (secondary N) is 2. The van der Waals surface area contributed by atoms with Crippen molar-refractivity contribution in [2.24, 2.45) is 0 Å². The lowest BCUT2D eigenvalue weighted by molar-refractivity contribution is -0.871. The number of carbonyl (C=O) groups excluding carboxylic acids is 1. The van der Waals surface area contributed by atoms with E-state index >= 15 is 0 Å². The van der Waals surface area contributed by atoms with Crippen molar-refractivity contribution >= 4 is 11.6 Å². The van der Waals surface area contributed by atoms with Crippen LogP contribution >= 0.6 is 0 Å². The van der Waals surface area contributed by atoms with Gasteiger partial charge in [0, 0.05) is 5.69 Å². The molecule has 0 saturated heterocycles. The van der Waals surface area contributed by atoms with E-state index in [9.17, 15) is 9.18 Å². The van der Waals surface area contributed by atoms with Gasteiger partial charge in [0.2, 0.25) is 0 Å². The van der Waals surface area contributed by atoms with Crippen LogP contribution in [0.15, 0.2) is 42.5 Å². The Balaban J connectivity index is 1.73. The lowest BCUT2D eigenvalue weighted by Gasteiger charge is -2.15. The van der Waals surface area contributed by atoms with Gasteiger partial charge in [-0.1, -0.05) is 6.07 Å². The molecular formula is C19H24FN2O2+. The Hall–Kier alpha value is -2.40. The first-order chi connectivity index (χ1) is 11.4. The Kier molecular flexibility index (Phi) is 6.32. The molecule has 0 spiro atoms. The van der Waals surface area contributed by atoms with E-state index in [-0.39, 0.29) is 11.7 Å². The molecule has 0 saturated carbocycles. The second-order valence-electron chi connectivity index (χ2n) is 6.11. The van der Waals surface area contributed by atoms with E-state index in [0.717, 1.165) is 10.6 Å². The van der Waals surface area contributed by atoms with Gasteiger partial charge >= 0.3 is 0 Å². The molecule has 0 aliphatic rings. The summed E-state index contributed by atoms with van der Waals surface area (Å²) in [7, 11) is 1.94. The van der Waals surface area contributed by atoms with E-state index in [1.54, 1.807) is 12.1 Å². The standard InChI is InChI=1S/C19H23FN2O2/c1-14-10-15(2)12-18(11-14)24-9-8-22(3)13-19(23)21-17-6-4-16(20)5-7-17/h4-7,10-12H,8-9,13H2,1-3H3,(H,21,23)/p+1. The quantitative estimate of drug-likeness (QED) is 0.815. The molecule has 2 rings (SSSR count). The number of carbonyl (C=O) groups is 1. The summed E-state index contributed by atoms with van der Waals surface area (Å²) >= 11 is 0. The number of rotatable bonds is 7. The molecule has 4 nitrogen and oxygen atoms in total. The fraction of sp³-hybridized carbons (Fsp3) is 0.316. The molecule has 0 radical (unpaired) electrons. The van der Waals surface area contributed by atoms with Crippen molar-refractivity contribution in [1.82, 2.24) is 0 Å². The lowest BCUT2D eigenvalue weighted by atomic mass is 10.1. The minimum atomic E-state index is -0.320.